The van der Waals surface area contributed by atoms with Gasteiger partial charge in [-0.2, -0.15) is 0 Å². The fourth-order valence-corrected chi connectivity index (χ4v) is 5.65. The zero-order valence-corrected chi connectivity index (χ0v) is 30.6. The molecule has 2 unspecified atom stereocenters. The summed E-state index contributed by atoms with van der Waals surface area (Å²) in [5.41, 5.74) is 1.61. The van der Waals surface area contributed by atoms with E-state index in [4.69, 9.17) is 37.9 Å². The highest BCUT2D eigenvalue weighted by atomic mass is 16.7. The molecule has 2 aliphatic heterocycles. The molecule has 0 bridgehead atoms. The van der Waals surface area contributed by atoms with Crippen LogP contribution < -0.4 is 9.47 Å². The Balaban J connectivity index is 1.08. The number of hydrogen-bond donors (Lipinski definition) is 0. The van der Waals surface area contributed by atoms with Crippen molar-refractivity contribution in [3.63, 3.8) is 0 Å². The molecule has 0 amide bonds. The van der Waals surface area contributed by atoms with Gasteiger partial charge in [-0.1, -0.05) is 37.4 Å². The highest BCUT2D eigenvalue weighted by Gasteiger charge is 2.51. The number of ether oxygens (including phenoxy) is 8. The predicted molar refractivity (Wildman–Crippen MR) is 200 cm³/mol. The molecule has 2 aromatic carbocycles. The van der Waals surface area contributed by atoms with Crippen LogP contribution in [0.25, 0.3) is 12.2 Å². The summed E-state index contributed by atoms with van der Waals surface area (Å²) in [6.07, 6.45) is 13.2. The highest BCUT2D eigenvalue weighted by molar-refractivity contribution is 5.88. The number of carbonyl (C=O) groups is 4. The molecule has 2 aliphatic rings. The van der Waals surface area contributed by atoms with Crippen LogP contribution in [-0.4, -0.2) is 87.9 Å². The SMILES string of the molecule is C=CC(=O)OCCCCCCOc1ccc(C=CC(=O)O[C@H]2COC3C2OC[C@H]3OC(=O)C=Cc2ccc(OCCCCCCOC(=O)C=C)cc2)cc1. The molecule has 12 nitrogen and oxygen atoms in total. The topological polar surface area (TPSA) is 142 Å². The molecule has 0 N–H and O–H groups in total. The standard InChI is InChI=1S/C42H50O12/c1-3-37(43)49-27-11-7-5-9-25-47-33-19-13-31(14-20-33)17-23-39(45)53-35-29-51-42-36(30-52-41(35)42)54-40(46)24-18-32-15-21-34(22-16-32)48-26-10-6-8-12-28-50-38(44)4-2/h3-4,13-24,35-36,41-42H,1-2,5-12,25-30H2/t35-,36+,41?,42?. The second-order valence-electron chi connectivity index (χ2n) is 12.6. The van der Waals surface area contributed by atoms with Crippen molar-refractivity contribution in [3.05, 3.63) is 97.1 Å². The quantitative estimate of drug-likeness (QED) is 0.0510. The zero-order chi connectivity index (χ0) is 38.4. The molecule has 0 spiro atoms. The van der Waals surface area contributed by atoms with E-state index in [-0.39, 0.29) is 13.2 Å². The minimum atomic E-state index is -0.626. The Morgan fingerprint density at radius 2 is 0.907 bits per heavy atom. The molecule has 4 atom stereocenters. The van der Waals surface area contributed by atoms with Gasteiger partial charge in [0.15, 0.2) is 12.2 Å². The van der Waals surface area contributed by atoms with Crippen LogP contribution in [-0.2, 0) is 47.6 Å². The van der Waals surface area contributed by atoms with E-state index in [1.54, 1.807) is 12.2 Å². The molecule has 4 rings (SSSR count). The van der Waals surface area contributed by atoms with Gasteiger partial charge < -0.3 is 37.9 Å². The van der Waals surface area contributed by atoms with Gasteiger partial charge in [-0.05, 0) is 98.9 Å². The van der Waals surface area contributed by atoms with Crippen molar-refractivity contribution in [2.45, 2.75) is 75.8 Å². The Morgan fingerprint density at radius 1 is 0.537 bits per heavy atom. The highest BCUT2D eigenvalue weighted by Crippen LogP contribution is 2.31. The van der Waals surface area contributed by atoms with E-state index >= 15 is 0 Å². The first-order chi connectivity index (χ1) is 26.3. The van der Waals surface area contributed by atoms with E-state index in [0.29, 0.717) is 26.4 Å². The van der Waals surface area contributed by atoms with E-state index in [0.717, 1.165) is 86.1 Å². The number of benzene rings is 2. The monoisotopic (exact) mass is 746 g/mol. The number of fused-ring (bicyclic) bond motifs is 1. The van der Waals surface area contributed by atoms with Crippen molar-refractivity contribution >= 4 is 36.0 Å². The van der Waals surface area contributed by atoms with E-state index in [1.807, 2.05) is 48.5 Å². The summed E-state index contributed by atoms with van der Waals surface area (Å²) in [6.45, 7) is 8.95. The summed E-state index contributed by atoms with van der Waals surface area (Å²) in [5.74, 6) is -0.402. The summed E-state index contributed by atoms with van der Waals surface area (Å²) >= 11 is 0. The molecule has 2 aromatic rings. The Labute approximate surface area is 316 Å². The van der Waals surface area contributed by atoms with E-state index < -0.39 is 48.3 Å². The first kappa shape index (κ1) is 41.6. The minimum Gasteiger partial charge on any atom is -0.494 e. The summed E-state index contributed by atoms with van der Waals surface area (Å²) in [7, 11) is 0. The third-order valence-corrected chi connectivity index (χ3v) is 8.52. The van der Waals surface area contributed by atoms with Gasteiger partial charge in [-0.3, -0.25) is 0 Å². The molecule has 2 saturated heterocycles. The lowest BCUT2D eigenvalue weighted by Gasteiger charge is -2.16. The van der Waals surface area contributed by atoms with Gasteiger partial charge in [0.2, 0.25) is 0 Å². The lowest BCUT2D eigenvalue weighted by Crippen LogP contribution is -2.35. The Bertz CT molecular complexity index is 1450. The zero-order valence-electron chi connectivity index (χ0n) is 30.6. The van der Waals surface area contributed by atoms with Crippen LogP contribution in [0.1, 0.15) is 62.5 Å². The molecule has 54 heavy (non-hydrogen) atoms. The van der Waals surface area contributed by atoms with Crippen LogP contribution in [0.3, 0.4) is 0 Å². The van der Waals surface area contributed by atoms with Crippen molar-refractivity contribution in [1.82, 2.24) is 0 Å². The molecule has 290 valence electrons. The van der Waals surface area contributed by atoms with Crippen molar-refractivity contribution < 1.29 is 57.1 Å². The van der Waals surface area contributed by atoms with Crippen LogP contribution in [0.5, 0.6) is 11.5 Å². The van der Waals surface area contributed by atoms with Crippen LogP contribution in [0.15, 0.2) is 86.0 Å². The molecule has 2 fully saturated rings. The molecule has 0 radical (unpaired) electrons. The first-order valence-corrected chi connectivity index (χ1v) is 18.4. The van der Waals surface area contributed by atoms with Crippen LogP contribution in [0.4, 0.5) is 0 Å². The largest absolute Gasteiger partial charge is 0.494 e. The smallest absolute Gasteiger partial charge is 0.331 e. The first-order valence-electron chi connectivity index (χ1n) is 18.4. The summed E-state index contributed by atoms with van der Waals surface area (Å²) < 4.78 is 44.3. The molecule has 0 aliphatic carbocycles. The average Bonchev–Trinajstić information content (AvgIpc) is 3.78. The van der Waals surface area contributed by atoms with Gasteiger partial charge in [0, 0.05) is 24.3 Å². The van der Waals surface area contributed by atoms with Crippen molar-refractivity contribution in [2.24, 2.45) is 0 Å². The minimum absolute atomic E-state index is 0.134. The summed E-state index contributed by atoms with van der Waals surface area (Å²) in [5, 5.41) is 0. The van der Waals surface area contributed by atoms with Crippen LogP contribution in [0.2, 0.25) is 0 Å². The maximum atomic E-state index is 12.6. The lowest BCUT2D eigenvalue weighted by molar-refractivity contribution is -0.149. The van der Waals surface area contributed by atoms with Gasteiger partial charge >= 0.3 is 23.9 Å². The van der Waals surface area contributed by atoms with Gasteiger partial charge in [0.05, 0.1) is 39.6 Å². The number of rotatable bonds is 24. The molecular formula is C42H50O12. The Morgan fingerprint density at radius 3 is 1.28 bits per heavy atom. The van der Waals surface area contributed by atoms with Crippen LogP contribution >= 0.6 is 0 Å². The molecule has 0 aromatic heterocycles. The van der Waals surface area contributed by atoms with Crippen molar-refractivity contribution in [2.75, 3.05) is 39.6 Å². The third kappa shape index (κ3) is 15.0. The fraction of sp³-hybridized carbons (Fsp3) is 0.429. The van der Waals surface area contributed by atoms with Gasteiger partial charge in [0.1, 0.15) is 23.7 Å². The number of carbonyl (C=O) groups excluding carboxylic acids is 4. The Hall–Kier alpha value is -5.20. The average molecular weight is 747 g/mol. The summed E-state index contributed by atoms with van der Waals surface area (Å²) in [6, 6.07) is 14.7. The normalized spacial score (nSPS) is 18.9. The van der Waals surface area contributed by atoms with Crippen LogP contribution in [0, 0.1) is 0 Å². The molecule has 0 saturated carbocycles. The fourth-order valence-electron chi connectivity index (χ4n) is 5.65. The predicted octanol–water partition coefficient (Wildman–Crippen LogP) is 6.37. The number of hydrogen-bond acceptors (Lipinski definition) is 12. The van der Waals surface area contributed by atoms with E-state index in [1.165, 1.54) is 12.2 Å². The van der Waals surface area contributed by atoms with Crippen molar-refractivity contribution in [1.29, 1.82) is 0 Å². The Kier molecular flexibility index (Phi) is 18.1. The van der Waals surface area contributed by atoms with Crippen molar-refractivity contribution in [3.8, 4) is 11.5 Å². The maximum absolute atomic E-state index is 12.6. The van der Waals surface area contributed by atoms with Gasteiger partial charge in [0.25, 0.3) is 0 Å². The van der Waals surface area contributed by atoms with E-state index in [9.17, 15) is 19.2 Å². The summed E-state index contributed by atoms with van der Waals surface area (Å²) in [4.78, 5) is 47.2. The van der Waals surface area contributed by atoms with E-state index in [2.05, 4.69) is 13.2 Å². The maximum Gasteiger partial charge on any atom is 0.331 e. The molecular weight excluding hydrogens is 696 g/mol. The lowest BCUT2D eigenvalue weighted by atomic mass is 10.1. The second kappa shape index (κ2) is 23.5. The van der Waals surface area contributed by atoms with Gasteiger partial charge in [-0.15, -0.1) is 0 Å². The number of unbranched alkanes of at least 4 members (excludes halogenated alkanes) is 6. The third-order valence-electron chi connectivity index (χ3n) is 8.52. The number of esters is 4. The van der Waals surface area contributed by atoms with Gasteiger partial charge in [-0.25, -0.2) is 19.2 Å². The second-order valence-corrected chi connectivity index (χ2v) is 12.6. The molecule has 12 heteroatoms. The molecule has 2 heterocycles.